The van der Waals surface area contributed by atoms with Gasteiger partial charge in [0.1, 0.15) is 5.82 Å². The van der Waals surface area contributed by atoms with Gasteiger partial charge in [0.25, 0.3) is 0 Å². The topological polar surface area (TPSA) is 15.8 Å². The number of nitrogens with one attached hydrogen (secondary N) is 1. The van der Waals surface area contributed by atoms with Crippen LogP contribution in [-0.4, -0.2) is 4.98 Å². The molecular formula is C11H9ClFN. The Kier molecular flexibility index (Phi) is 2.30. The Morgan fingerprint density at radius 1 is 1.36 bits per heavy atom. The van der Waals surface area contributed by atoms with Crippen molar-refractivity contribution in [1.29, 1.82) is 0 Å². The molecule has 72 valence electrons. The van der Waals surface area contributed by atoms with Gasteiger partial charge in [0.05, 0.1) is 16.3 Å². The van der Waals surface area contributed by atoms with Crippen molar-refractivity contribution in [2.75, 3.05) is 0 Å². The highest BCUT2D eigenvalue weighted by atomic mass is 35.5. The standard InChI is InChI=1S/C11H9ClFN/c1-7-5-10(14-6-7)11-8(12)3-2-4-9(11)13/h2-6,14H,1H3. The third-order valence-corrected chi connectivity index (χ3v) is 2.37. The van der Waals surface area contributed by atoms with Crippen molar-refractivity contribution >= 4 is 11.6 Å². The summed E-state index contributed by atoms with van der Waals surface area (Å²) in [7, 11) is 0. The fourth-order valence-corrected chi connectivity index (χ4v) is 1.67. The van der Waals surface area contributed by atoms with E-state index in [1.54, 1.807) is 12.1 Å². The summed E-state index contributed by atoms with van der Waals surface area (Å²) in [4.78, 5) is 2.98. The fraction of sp³-hybridized carbons (Fsp3) is 0.0909. The molecule has 0 unspecified atom stereocenters. The molecule has 0 aliphatic heterocycles. The van der Waals surface area contributed by atoms with Gasteiger partial charge in [0.15, 0.2) is 0 Å². The van der Waals surface area contributed by atoms with Crippen molar-refractivity contribution in [2.24, 2.45) is 0 Å². The lowest BCUT2D eigenvalue weighted by molar-refractivity contribution is 0.631. The first kappa shape index (κ1) is 9.28. The molecule has 1 aromatic heterocycles. The van der Waals surface area contributed by atoms with Crippen molar-refractivity contribution in [2.45, 2.75) is 6.92 Å². The summed E-state index contributed by atoms with van der Waals surface area (Å²) in [5.74, 6) is -0.306. The van der Waals surface area contributed by atoms with E-state index < -0.39 is 0 Å². The van der Waals surface area contributed by atoms with Crippen molar-refractivity contribution in [3.8, 4) is 11.3 Å². The zero-order chi connectivity index (χ0) is 10.1. The largest absolute Gasteiger partial charge is 0.361 e. The molecule has 1 nitrogen and oxygen atoms in total. The first-order chi connectivity index (χ1) is 6.68. The quantitative estimate of drug-likeness (QED) is 0.736. The van der Waals surface area contributed by atoms with Crippen molar-refractivity contribution in [3.05, 3.63) is 46.9 Å². The summed E-state index contributed by atoms with van der Waals surface area (Å²) in [5, 5.41) is 0.423. The fourth-order valence-electron chi connectivity index (χ4n) is 1.40. The van der Waals surface area contributed by atoms with Crippen LogP contribution in [0.5, 0.6) is 0 Å². The lowest BCUT2D eigenvalue weighted by Crippen LogP contribution is -1.84. The summed E-state index contributed by atoms with van der Waals surface area (Å²) in [6.45, 7) is 1.94. The molecule has 0 radical (unpaired) electrons. The number of benzene rings is 1. The maximum Gasteiger partial charge on any atom is 0.134 e. The number of aromatic amines is 1. The van der Waals surface area contributed by atoms with Crippen LogP contribution in [-0.2, 0) is 0 Å². The molecule has 0 aliphatic carbocycles. The molecule has 3 heteroatoms. The second-order valence-corrected chi connectivity index (χ2v) is 3.59. The predicted octanol–water partition coefficient (Wildman–Crippen LogP) is 3.78. The highest BCUT2D eigenvalue weighted by Crippen LogP contribution is 2.29. The molecule has 0 saturated carbocycles. The Labute approximate surface area is 86.5 Å². The van der Waals surface area contributed by atoms with Crippen molar-refractivity contribution in [1.82, 2.24) is 4.98 Å². The molecule has 2 aromatic rings. The Balaban J connectivity index is 2.61. The SMILES string of the molecule is Cc1c[nH]c(-c2c(F)cccc2Cl)c1. The van der Waals surface area contributed by atoms with E-state index in [4.69, 9.17) is 11.6 Å². The van der Waals surface area contributed by atoms with Gasteiger partial charge >= 0.3 is 0 Å². The highest BCUT2D eigenvalue weighted by molar-refractivity contribution is 6.33. The van der Waals surface area contributed by atoms with Crippen LogP contribution < -0.4 is 0 Å². The van der Waals surface area contributed by atoms with Gasteiger partial charge in [0, 0.05) is 6.20 Å². The minimum atomic E-state index is -0.306. The second kappa shape index (κ2) is 3.46. The summed E-state index contributed by atoms with van der Waals surface area (Å²) >= 11 is 5.91. The van der Waals surface area contributed by atoms with Crippen LogP contribution in [0.3, 0.4) is 0 Å². The third kappa shape index (κ3) is 1.53. The van der Waals surface area contributed by atoms with E-state index in [0.717, 1.165) is 5.56 Å². The van der Waals surface area contributed by atoms with Crippen LogP contribution in [0, 0.1) is 12.7 Å². The minimum Gasteiger partial charge on any atom is -0.361 e. The van der Waals surface area contributed by atoms with Gasteiger partial charge in [-0.05, 0) is 30.7 Å². The normalized spacial score (nSPS) is 10.5. The lowest BCUT2D eigenvalue weighted by Gasteiger charge is -2.02. The first-order valence-electron chi connectivity index (χ1n) is 4.28. The molecule has 0 fully saturated rings. The average molecular weight is 210 g/mol. The third-order valence-electron chi connectivity index (χ3n) is 2.06. The summed E-state index contributed by atoms with van der Waals surface area (Å²) in [6.07, 6.45) is 1.82. The molecule has 0 bridgehead atoms. The number of rotatable bonds is 1. The van der Waals surface area contributed by atoms with Gasteiger partial charge < -0.3 is 4.98 Å². The van der Waals surface area contributed by atoms with E-state index in [9.17, 15) is 4.39 Å². The zero-order valence-corrected chi connectivity index (χ0v) is 8.40. The van der Waals surface area contributed by atoms with Crippen LogP contribution in [0.4, 0.5) is 4.39 Å². The molecular weight excluding hydrogens is 201 g/mol. The molecule has 0 saturated heterocycles. The summed E-state index contributed by atoms with van der Waals surface area (Å²) in [5.41, 5.74) is 2.20. The maximum absolute atomic E-state index is 13.4. The van der Waals surface area contributed by atoms with Gasteiger partial charge in [-0.1, -0.05) is 17.7 Å². The van der Waals surface area contributed by atoms with Crippen molar-refractivity contribution < 1.29 is 4.39 Å². The first-order valence-corrected chi connectivity index (χ1v) is 4.65. The predicted molar refractivity (Wildman–Crippen MR) is 55.9 cm³/mol. The average Bonchev–Trinajstić information content (AvgIpc) is 2.51. The zero-order valence-electron chi connectivity index (χ0n) is 7.64. The lowest BCUT2D eigenvalue weighted by atomic mass is 10.1. The summed E-state index contributed by atoms with van der Waals surface area (Å²) in [6, 6.07) is 6.54. The smallest absolute Gasteiger partial charge is 0.134 e. The van der Waals surface area contributed by atoms with Crippen LogP contribution in [0.25, 0.3) is 11.3 Å². The molecule has 0 amide bonds. The Morgan fingerprint density at radius 2 is 2.14 bits per heavy atom. The van der Waals surface area contributed by atoms with E-state index in [2.05, 4.69) is 4.98 Å². The molecule has 1 aromatic carbocycles. The van der Waals surface area contributed by atoms with Crippen LogP contribution >= 0.6 is 11.6 Å². The number of aryl methyl sites for hydroxylation is 1. The molecule has 1 heterocycles. The van der Waals surface area contributed by atoms with E-state index in [-0.39, 0.29) is 5.82 Å². The molecule has 1 N–H and O–H groups in total. The second-order valence-electron chi connectivity index (χ2n) is 3.19. The Bertz CT molecular complexity index is 442. The van der Waals surface area contributed by atoms with Crippen molar-refractivity contribution in [3.63, 3.8) is 0 Å². The van der Waals surface area contributed by atoms with Gasteiger partial charge in [-0.2, -0.15) is 0 Å². The van der Waals surface area contributed by atoms with Gasteiger partial charge in [-0.15, -0.1) is 0 Å². The van der Waals surface area contributed by atoms with Crippen LogP contribution in [0.15, 0.2) is 30.5 Å². The number of halogens is 2. The molecule has 2 rings (SSSR count). The van der Waals surface area contributed by atoms with E-state index in [1.807, 2.05) is 19.2 Å². The molecule has 0 atom stereocenters. The highest BCUT2D eigenvalue weighted by Gasteiger charge is 2.10. The number of aromatic nitrogens is 1. The minimum absolute atomic E-state index is 0.306. The molecule has 0 spiro atoms. The number of hydrogen-bond donors (Lipinski definition) is 1. The van der Waals surface area contributed by atoms with E-state index >= 15 is 0 Å². The van der Waals surface area contributed by atoms with E-state index in [1.165, 1.54) is 6.07 Å². The van der Waals surface area contributed by atoms with Crippen LogP contribution in [0.2, 0.25) is 5.02 Å². The van der Waals surface area contributed by atoms with Gasteiger partial charge in [0.2, 0.25) is 0 Å². The summed E-state index contributed by atoms with van der Waals surface area (Å²) < 4.78 is 13.4. The van der Waals surface area contributed by atoms with E-state index in [0.29, 0.717) is 16.3 Å². The van der Waals surface area contributed by atoms with Gasteiger partial charge in [-0.3, -0.25) is 0 Å². The molecule has 0 aliphatic rings. The monoisotopic (exact) mass is 209 g/mol. The Hall–Kier alpha value is -1.28. The van der Waals surface area contributed by atoms with Crippen LogP contribution in [0.1, 0.15) is 5.56 Å². The maximum atomic E-state index is 13.4. The number of H-pyrrole nitrogens is 1. The molecule has 14 heavy (non-hydrogen) atoms. The Morgan fingerprint density at radius 3 is 2.71 bits per heavy atom. The van der Waals surface area contributed by atoms with Gasteiger partial charge in [-0.25, -0.2) is 4.39 Å². The number of hydrogen-bond acceptors (Lipinski definition) is 0.